The molecule has 0 spiro atoms. The van der Waals surface area contributed by atoms with Gasteiger partial charge in [-0.2, -0.15) is 0 Å². The zero-order valence-corrected chi connectivity index (χ0v) is 22.7. The number of carbonyl (C=O) groups is 2. The van der Waals surface area contributed by atoms with Crippen molar-refractivity contribution in [3.05, 3.63) is 90.5 Å². The highest BCUT2D eigenvalue weighted by atomic mass is 32.1. The molecule has 200 valence electrons. The summed E-state index contributed by atoms with van der Waals surface area (Å²) in [7, 11) is 0. The first-order valence-corrected chi connectivity index (χ1v) is 13.4. The van der Waals surface area contributed by atoms with Gasteiger partial charge in [-0.1, -0.05) is 80.6 Å². The van der Waals surface area contributed by atoms with E-state index in [1.54, 1.807) is 0 Å². The summed E-state index contributed by atoms with van der Waals surface area (Å²) >= 11 is 5.30. The number of rotatable bonds is 8. The van der Waals surface area contributed by atoms with E-state index in [0.29, 0.717) is 18.7 Å². The molecule has 1 unspecified atom stereocenters. The van der Waals surface area contributed by atoms with E-state index in [0.717, 1.165) is 27.7 Å². The lowest BCUT2D eigenvalue weighted by Crippen LogP contribution is -2.57. The maximum atomic E-state index is 13.9. The Morgan fingerprint density at radius 2 is 1.77 bits per heavy atom. The zero-order valence-electron chi connectivity index (χ0n) is 21.9. The van der Waals surface area contributed by atoms with Crippen molar-refractivity contribution >= 4 is 45.7 Å². The molecule has 1 aliphatic rings. The fourth-order valence-electron chi connectivity index (χ4n) is 5.05. The molecule has 8 nitrogen and oxygen atoms in total. The Labute approximate surface area is 233 Å². The van der Waals surface area contributed by atoms with E-state index < -0.39 is 12.2 Å². The fraction of sp³-hybridized carbons (Fsp3) is 0.233. The summed E-state index contributed by atoms with van der Waals surface area (Å²) in [5.74, 6) is -0.438. The van der Waals surface area contributed by atoms with Crippen LogP contribution in [0.1, 0.15) is 32.0 Å². The van der Waals surface area contributed by atoms with Gasteiger partial charge in [0.1, 0.15) is 6.04 Å². The molecule has 4 aromatic rings. The number of aromatic nitrogens is 1. The van der Waals surface area contributed by atoms with Crippen LogP contribution in [0.25, 0.3) is 22.2 Å². The van der Waals surface area contributed by atoms with Gasteiger partial charge in [0.2, 0.25) is 5.91 Å². The van der Waals surface area contributed by atoms with Crippen molar-refractivity contribution in [3.63, 3.8) is 0 Å². The minimum atomic E-state index is -0.958. The van der Waals surface area contributed by atoms with Crippen LogP contribution in [0.15, 0.2) is 84.9 Å². The molecule has 9 heteroatoms. The van der Waals surface area contributed by atoms with Crippen molar-refractivity contribution in [2.45, 2.75) is 39.0 Å². The average Bonchev–Trinajstić information content (AvgIpc) is 3.26. The Balaban J connectivity index is 1.53. The van der Waals surface area contributed by atoms with Gasteiger partial charge in [0.15, 0.2) is 11.3 Å². The van der Waals surface area contributed by atoms with E-state index in [2.05, 4.69) is 22.1 Å². The number of benzene rings is 3. The highest BCUT2D eigenvalue weighted by Gasteiger charge is 2.33. The van der Waals surface area contributed by atoms with E-state index in [1.165, 1.54) is 5.01 Å². The van der Waals surface area contributed by atoms with Gasteiger partial charge in [0, 0.05) is 11.9 Å². The van der Waals surface area contributed by atoms with Crippen molar-refractivity contribution in [2.75, 3.05) is 5.01 Å². The molecule has 2 amide bonds. The highest BCUT2D eigenvalue weighted by Crippen LogP contribution is 2.34. The van der Waals surface area contributed by atoms with Crippen LogP contribution in [0, 0.1) is 5.92 Å². The van der Waals surface area contributed by atoms with Gasteiger partial charge in [-0.3, -0.25) is 14.6 Å². The van der Waals surface area contributed by atoms with Crippen LogP contribution in [-0.2, 0) is 16.1 Å². The number of nitrogens with one attached hydrogen (secondary N) is 3. The molecule has 0 saturated heterocycles. The van der Waals surface area contributed by atoms with E-state index in [9.17, 15) is 9.59 Å². The summed E-state index contributed by atoms with van der Waals surface area (Å²) in [6.45, 7) is 4.44. The topological polar surface area (TPSA) is 104 Å². The third-order valence-electron chi connectivity index (χ3n) is 6.79. The first-order valence-electron chi connectivity index (χ1n) is 13.0. The average molecular weight is 541 g/mol. The van der Waals surface area contributed by atoms with Crippen molar-refractivity contribution in [1.29, 1.82) is 0 Å². The van der Waals surface area contributed by atoms with Crippen molar-refractivity contribution < 1.29 is 9.59 Å². The van der Waals surface area contributed by atoms with Gasteiger partial charge < -0.3 is 20.9 Å². The van der Waals surface area contributed by atoms with Crippen LogP contribution >= 0.6 is 12.2 Å². The van der Waals surface area contributed by atoms with Crippen LogP contribution in [-0.4, -0.2) is 27.5 Å². The molecule has 0 aliphatic carbocycles. The number of hydrazine groups is 1. The fourth-order valence-corrected chi connectivity index (χ4v) is 5.21. The van der Waals surface area contributed by atoms with Gasteiger partial charge in [-0.25, -0.2) is 5.43 Å². The minimum absolute atomic E-state index is 0.0855. The Morgan fingerprint density at radius 1 is 1.08 bits per heavy atom. The Hall–Kier alpha value is -4.21. The van der Waals surface area contributed by atoms with Crippen LogP contribution < -0.4 is 26.8 Å². The summed E-state index contributed by atoms with van der Waals surface area (Å²) in [5, 5.41) is 8.66. The molecule has 0 radical (unpaired) electrons. The number of amides is 2. The van der Waals surface area contributed by atoms with Gasteiger partial charge in [-0.05, 0) is 53.9 Å². The summed E-state index contributed by atoms with van der Waals surface area (Å²) in [6, 6.07) is 26.6. The lowest BCUT2D eigenvalue weighted by atomic mass is 10.0. The molecule has 5 N–H and O–H groups in total. The Kier molecular flexibility index (Phi) is 7.63. The molecule has 39 heavy (non-hydrogen) atoms. The first-order chi connectivity index (χ1) is 18.8. The van der Waals surface area contributed by atoms with Gasteiger partial charge in [-0.15, -0.1) is 0 Å². The van der Waals surface area contributed by atoms with Gasteiger partial charge in [0.25, 0.3) is 5.91 Å². The predicted octanol–water partition coefficient (Wildman–Crippen LogP) is 4.22. The maximum absolute atomic E-state index is 13.9. The van der Waals surface area contributed by atoms with E-state index in [1.807, 2.05) is 97.3 Å². The number of hydrogen-bond acceptors (Lipinski definition) is 4. The number of nitrogens with zero attached hydrogens (tertiary/aromatic N) is 2. The van der Waals surface area contributed by atoms with E-state index in [4.69, 9.17) is 18.0 Å². The second-order valence-corrected chi connectivity index (χ2v) is 10.5. The van der Waals surface area contributed by atoms with Gasteiger partial charge in [0.05, 0.1) is 16.9 Å². The molecular formula is C30H32N6O2S. The summed E-state index contributed by atoms with van der Waals surface area (Å²) in [4.78, 5) is 27.4. The molecule has 1 aliphatic heterocycles. The molecule has 0 bridgehead atoms. The molecule has 1 aromatic heterocycles. The van der Waals surface area contributed by atoms with Crippen LogP contribution in [0.4, 0.5) is 5.69 Å². The number of carbonyl (C=O) groups excluding carboxylic acids is 2. The minimum Gasteiger partial charge on any atom is -0.375 e. The smallest absolute Gasteiger partial charge is 0.264 e. The predicted molar refractivity (Wildman–Crippen MR) is 158 cm³/mol. The van der Waals surface area contributed by atoms with Crippen molar-refractivity contribution in [1.82, 2.24) is 20.6 Å². The molecule has 0 saturated carbocycles. The normalized spacial score (nSPS) is 15.5. The molecule has 0 fully saturated rings. The SMILES string of the molecule is CC(C)C[C@H](NN(C(N)=S)c1ccccc1)C(=O)NC1C(=O)NCc2cccc3cc(-c4ccccc4)n1c23. The Bertz CT molecular complexity index is 1500. The number of hydrogen-bond donors (Lipinski definition) is 4. The summed E-state index contributed by atoms with van der Waals surface area (Å²) in [5.41, 5.74) is 13.7. The van der Waals surface area contributed by atoms with E-state index >= 15 is 0 Å². The van der Waals surface area contributed by atoms with Crippen LogP contribution in [0.2, 0.25) is 0 Å². The van der Waals surface area contributed by atoms with Crippen molar-refractivity contribution in [2.24, 2.45) is 11.7 Å². The maximum Gasteiger partial charge on any atom is 0.264 e. The lowest BCUT2D eigenvalue weighted by Gasteiger charge is -2.31. The quantitative estimate of drug-likeness (QED) is 0.197. The second-order valence-electron chi connectivity index (χ2n) is 10.1. The molecular weight excluding hydrogens is 508 g/mol. The molecule has 2 heterocycles. The second kappa shape index (κ2) is 11.3. The summed E-state index contributed by atoms with van der Waals surface area (Å²) in [6.07, 6.45) is -0.463. The highest BCUT2D eigenvalue weighted by molar-refractivity contribution is 7.80. The third-order valence-corrected chi connectivity index (χ3v) is 6.98. The van der Waals surface area contributed by atoms with E-state index in [-0.39, 0.29) is 22.8 Å². The summed E-state index contributed by atoms with van der Waals surface area (Å²) < 4.78 is 1.94. The zero-order chi connectivity index (χ0) is 27.5. The molecule has 2 atom stereocenters. The lowest BCUT2D eigenvalue weighted by molar-refractivity contribution is -0.132. The van der Waals surface area contributed by atoms with Crippen LogP contribution in [0.3, 0.4) is 0 Å². The first kappa shape index (κ1) is 26.4. The monoisotopic (exact) mass is 540 g/mol. The van der Waals surface area contributed by atoms with Crippen LogP contribution in [0.5, 0.6) is 0 Å². The van der Waals surface area contributed by atoms with Crippen molar-refractivity contribution in [3.8, 4) is 11.3 Å². The Morgan fingerprint density at radius 3 is 2.44 bits per heavy atom. The van der Waals surface area contributed by atoms with Gasteiger partial charge >= 0.3 is 0 Å². The number of para-hydroxylation sites is 2. The largest absolute Gasteiger partial charge is 0.375 e. The molecule has 5 rings (SSSR count). The molecule has 3 aromatic carbocycles. The number of nitrogens with two attached hydrogens (primary N) is 1. The standard InChI is InChI=1S/C30H32N6O2S/c1-19(2)16-24(34-36(30(31)39)23-14-7-4-8-15-23)28(37)33-27-29(38)32-18-22-13-9-12-21-17-25(35(27)26(21)22)20-10-5-3-6-11-20/h3-15,17,19,24,27,34H,16,18H2,1-2H3,(H2,31,39)(H,32,38)(H,33,37)/t24-,27?/m0/s1. The number of anilines is 1. The number of thiocarbonyl (C=S) groups is 1. The third kappa shape index (κ3) is 5.50.